The minimum absolute atomic E-state index is 0.125. The molecule has 7 nitrogen and oxygen atoms in total. The number of nitrogens with one attached hydrogen (secondary N) is 2. The summed E-state index contributed by atoms with van der Waals surface area (Å²) in [7, 11) is 0. The second-order valence-electron chi connectivity index (χ2n) is 8.07. The number of hydrogen-bond donors (Lipinski definition) is 3. The molecular weight excluding hydrogens is 448 g/mol. The van der Waals surface area contributed by atoms with Crippen LogP contribution in [0.25, 0.3) is 0 Å². The molecule has 3 N–H and O–H groups in total. The molecule has 0 aliphatic heterocycles. The fourth-order valence-corrected chi connectivity index (χ4v) is 5.17. The van der Waals surface area contributed by atoms with Crippen LogP contribution in [0.5, 0.6) is 0 Å². The number of aromatic nitrogens is 1. The van der Waals surface area contributed by atoms with Crippen LogP contribution in [-0.4, -0.2) is 47.6 Å². The van der Waals surface area contributed by atoms with Crippen LogP contribution in [0.3, 0.4) is 0 Å². The second kappa shape index (κ2) is 12.2. The standard InChI is InChI=1S/C23H31ClN4O3S/c1-2-28(18-12-17(24)13-25-14-18)15-19-7-8-21(32-19)23(31)27-20(22(30)26-9-10-29)11-16-5-3-4-6-16/h7-8,12-14,16,20,29H,2-6,9-11,15H2,1H3,(H,26,30)(H,27,31). The minimum Gasteiger partial charge on any atom is -0.395 e. The molecule has 2 aromatic heterocycles. The van der Waals surface area contributed by atoms with Gasteiger partial charge >= 0.3 is 0 Å². The highest BCUT2D eigenvalue weighted by Crippen LogP contribution is 2.29. The Bertz CT molecular complexity index is 901. The third-order valence-electron chi connectivity index (χ3n) is 5.75. The summed E-state index contributed by atoms with van der Waals surface area (Å²) in [4.78, 5) is 33.4. The van der Waals surface area contributed by atoms with Crippen LogP contribution >= 0.6 is 22.9 Å². The van der Waals surface area contributed by atoms with Crippen LogP contribution in [0, 0.1) is 5.92 Å². The van der Waals surface area contributed by atoms with E-state index in [2.05, 4.69) is 27.4 Å². The molecule has 1 aliphatic rings. The highest BCUT2D eigenvalue weighted by molar-refractivity contribution is 7.14. The number of thiophene rings is 1. The molecule has 1 atom stereocenters. The normalized spacial score (nSPS) is 14.8. The van der Waals surface area contributed by atoms with Crippen molar-refractivity contribution in [3.63, 3.8) is 0 Å². The third kappa shape index (κ3) is 6.92. The average molecular weight is 479 g/mol. The van der Waals surface area contributed by atoms with Crippen molar-refractivity contribution in [2.75, 3.05) is 24.6 Å². The lowest BCUT2D eigenvalue weighted by molar-refractivity contribution is -0.123. The molecule has 2 amide bonds. The van der Waals surface area contributed by atoms with Crippen molar-refractivity contribution < 1.29 is 14.7 Å². The molecule has 0 radical (unpaired) electrons. The van der Waals surface area contributed by atoms with Crippen molar-refractivity contribution in [1.82, 2.24) is 15.6 Å². The summed E-state index contributed by atoms with van der Waals surface area (Å²) >= 11 is 7.49. The van der Waals surface area contributed by atoms with Crippen molar-refractivity contribution in [3.8, 4) is 0 Å². The molecular formula is C23H31ClN4O3S. The van der Waals surface area contributed by atoms with Gasteiger partial charge in [0.2, 0.25) is 5.91 Å². The summed E-state index contributed by atoms with van der Waals surface area (Å²) in [6.07, 6.45) is 8.54. The Hall–Kier alpha value is -2.16. The first-order valence-corrected chi connectivity index (χ1v) is 12.3. The zero-order valence-corrected chi connectivity index (χ0v) is 19.9. The fraction of sp³-hybridized carbons (Fsp3) is 0.522. The first-order valence-electron chi connectivity index (χ1n) is 11.1. The molecule has 32 heavy (non-hydrogen) atoms. The Labute approximate surface area is 198 Å². The summed E-state index contributed by atoms with van der Waals surface area (Å²) in [6, 6.07) is 5.03. The van der Waals surface area contributed by atoms with Crippen molar-refractivity contribution in [2.24, 2.45) is 5.92 Å². The number of nitrogens with zero attached hydrogens (tertiary/aromatic N) is 2. The Morgan fingerprint density at radius 1 is 1.31 bits per heavy atom. The molecule has 0 spiro atoms. The summed E-state index contributed by atoms with van der Waals surface area (Å²) in [5, 5.41) is 15.2. The van der Waals surface area contributed by atoms with Gasteiger partial charge in [-0.25, -0.2) is 0 Å². The molecule has 9 heteroatoms. The largest absolute Gasteiger partial charge is 0.395 e. The van der Waals surface area contributed by atoms with E-state index in [9.17, 15) is 9.59 Å². The van der Waals surface area contributed by atoms with E-state index in [0.717, 1.165) is 30.0 Å². The SMILES string of the molecule is CCN(Cc1ccc(C(=O)NC(CC2CCCC2)C(=O)NCCO)s1)c1cncc(Cl)c1. The van der Waals surface area contributed by atoms with Gasteiger partial charge in [0.25, 0.3) is 5.91 Å². The Morgan fingerprint density at radius 3 is 2.78 bits per heavy atom. The maximum absolute atomic E-state index is 12.9. The molecule has 174 valence electrons. The molecule has 0 bridgehead atoms. The molecule has 1 fully saturated rings. The molecule has 2 heterocycles. The quantitative estimate of drug-likeness (QED) is 0.458. The molecule has 0 aromatic carbocycles. The van der Waals surface area contributed by atoms with E-state index >= 15 is 0 Å². The number of halogens is 1. The fourth-order valence-electron chi connectivity index (χ4n) is 4.07. The predicted molar refractivity (Wildman–Crippen MR) is 128 cm³/mol. The first kappa shape index (κ1) is 24.5. The number of carbonyl (C=O) groups is 2. The van der Waals surface area contributed by atoms with Gasteiger partial charge in [-0.3, -0.25) is 14.6 Å². The zero-order chi connectivity index (χ0) is 22.9. The highest BCUT2D eigenvalue weighted by atomic mass is 35.5. The van der Waals surface area contributed by atoms with Crippen molar-refractivity contribution >= 4 is 40.4 Å². The van der Waals surface area contributed by atoms with Gasteiger partial charge in [-0.2, -0.15) is 0 Å². The van der Waals surface area contributed by atoms with Gasteiger partial charge in [0.05, 0.1) is 34.9 Å². The van der Waals surface area contributed by atoms with E-state index in [1.54, 1.807) is 18.5 Å². The summed E-state index contributed by atoms with van der Waals surface area (Å²) in [5.74, 6) is -0.0268. The predicted octanol–water partition coefficient (Wildman–Crippen LogP) is 3.61. The molecule has 0 saturated heterocycles. The van der Waals surface area contributed by atoms with Crippen LogP contribution in [0.2, 0.25) is 5.02 Å². The van der Waals surface area contributed by atoms with E-state index in [0.29, 0.717) is 28.8 Å². The van der Waals surface area contributed by atoms with E-state index in [1.807, 2.05) is 12.1 Å². The van der Waals surface area contributed by atoms with Gasteiger partial charge in [-0.05, 0) is 37.5 Å². The molecule has 2 aromatic rings. The number of rotatable bonds is 11. The summed E-state index contributed by atoms with van der Waals surface area (Å²) in [6.45, 7) is 3.53. The van der Waals surface area contributed by atoms with Crippen LogP contribution < -0.4 is 15.5 Å². The van der Waals surface area contributed by atoms with Gasteiger partial charge in [-0.15, -0.1) is 11.3 Å². The lowest BCUT2D eigenvalue weighted by Gasteiger charge is -2.22. The van der Waals surface area contributed by atoms with Crippen molar-refractivity contribution in [1.29, 1.82) is 0 Å². The number of aliphatic hydroxyl groups is 1. The first-order chi connectivity index (χ1) is 15.5. The highest BCUT2D eigenvalue weighted by Gasteiger charge is 2.27. The van der Waals surface area contributed by atoms with Crippen LogP contribution in [0.4, 0.5) is 5.69 Å². The topological polar surface area (TPSA) is 94.6 Å². The monoisotopic (exact) mass is 478 g/mol. The lowest BCUT2D eigenvalue weighted by Crippen LogP contribution is -2.48. The van der Waals surface area contributed by atoms with Crippen LogP contribution in [0.15, 0.2) is 30.6 Å². The molecule has 1 aliphatic carbocycles. The smallest absolute Gasteiger partial charge is 0.262 e. The van der Waals surface area contributed by atoms with Gasteiger partial charge in [0.1, 0.15) is 6.04 Å². The van der Waals surface area contributed by atoms with Crippen LogP contribution in [-0.2, 0) is 11.3 Å². The number of pyridine rings is 1. The summed E-state index contributed by atoms with van der Waals surface area (Å²) < 4.78 is 0. The Morgan fingerprint density at radius 2 is 2.09 bits per heavy atom. The second-order valence-corrected chi connectivity index (χ2v) is 9.67. The van der Waals surface area contributed by atoms with Crippen LogP contribution in [0.1, 0.15) is 53.6 Å². The molecule has 1 unspecified atom stereocenters. The number of amides is 2. The van der Waals surface area contributed by atoms with Gasteiger partial charge in [0.15, 0.2) is 0 Å². The van der Waals surface area contributed by atoms with E-state index in [4.69, 9.17) is 16.7 Å². The van der Waals surface area contributed by atoms with Crippen molar-refractivity contribution in [3.05, 3.63) is 45.4 Å². The molecule has 3 rings (SSSR count). The maximum atomic E-state index is 12.9. The number of carbonyl (C=O) groups excluding carboxylic acids is 2. The van der Waals surface area contributed by atoms with Gasteiger partial charge in [0, 0.05) is 24.2 Å². The van der Waals surface area contributed by atoms with Gasteiger partial charge < -0.3 is 20.6 Å². The zero-order valence-electron chi connectivity index (χ0n) is 18.3. The number of hydrogen-bond acceptors (Lipinski definition) is 6. The average Bonchev–Trinajstić information content (AvgIpc) is 3.47. The van der Waals surface area contributed by atoms with E-state index in [1.165, 1.54) is 24.2 Å². The summed E-state index contributed by atoms with van der Waals surface area (Å²) in [5.41, 5.74) is 0.927. The minimum atomic E-state index is -0.590. The molecule has 1 saturated carbocycles. The third-order valence-corrected chi connectivity index (χ3v) is 7.02. The lowest BCUT2D eigenvalue weighted by atomic mass is 9.97. The number of aliphatic hydroxyl groups excluding tert-OH is 1. The van der Waals surface area contributed by atoms with Gasteiger partial charge in [-0.1, -0.05) is 37.3 Å². The van der Waals surface area contributed by atoms with Crippen molar-refractivity contribution in [2.45, 2.75) is 51.6 Å². The van der Waals surface area contributed by atoms with E-state index < -0.39 is 6.04 Å². The Balaban J connectivity index is 1.64. The maximum Gasteiger partial charge on any atom is 0.262 e. The Kier molecular flexibility index (Phi) is 9.32. The van der Waals surface area contributed by atoms with E-state index in [-0.39, 0.29) is 25.0 Å². The number of anilines is 1.